The Morgan fingerprint density at radius 1 is 1.11 bits per heavy atom. The smallest absolute Gasteiger partial charge is 0.303 e. The molecule has 1 N–H and O–H groups in total. The van der Waals surface area contributed by atoms with Gasteiger partial charge in [-0.2, -0.15) is 13.2 Å². The van der Waals surface area contributed by atoms with Gasteiger partial charge in [0.2, 0.25) is 0 Å². The molecule has 1 heterocycles. The molecule has 106 valence electrons. The molecule has 1 fully saturated rings. The van der Waals surface area contributed by atoms with Crippen molar-refractivity contribution in [1.82, 2.24) is 5.32 Å². The minimum atomic E-state index is -4.10. The monoisotopic (exact) mass is 271 g/mol. The van der Waals surface area contributed by atoms with Gasteiger partial charge in [-0.1, -0.05) is 36.8 Å². The molecule has 4 heteroatoms. The summed E-state index contributed by atoms with van der Waals surface area (Å²) in [4.78, 5) is 0. The molecule has 0 bridgehead atoms. The van der Waals surface area contributed by atoms with Gasteiger partial charge in [-0.15, -0.1) is 0 Å². The molecule has 1 nitrogen and oxygen atoms in total. The van der Waals surface area contributed by atoms with Crippen molar-refractivity contribution in [2.45, 2.75) is 56.8 Å². The normalized spacial score (nSPS) is 24.4. The molecule has 1 aromatic carbocycles. The molecular weight excluding hydrogens is 251 g/mol. The van der Waals surface area contributed by atoms with Crippen LogP contribution in [0.1, 0.15) is 37.7 Å². The summed E-state index contributed by atoms with van der Waals surface area (Å²) in [6.07, 6.45) is 0.356. The van der Waals surface area contributed by atoms with E-state index >= 15 is 0 Å². The van der Waals surface area contributed by atoms with Gasteiger partial charge in [0.15, 0.2) is 0 Å². The van der Waals surface area contributed by atoms with Crippen LogP contribution in [0.3, 0.4) is 0 Å². The zero-order valence-electron chi connectivity index (χ0n) is 10.9. The number of benzene rings is 1. The van der Waals surface area contributed by atoms with E-state index in [0.29, 0.717) is 6.42 Å². The van der Waals surface area contributed by atoms with Crippen LogP contribution in [0.5, 0.6) is 0 Å². The van der Waals surface area contributed by atoms with Crippen molar-refractivity contribution in [2.75, 3.05) is 0 Å². The summed E-state index contributed by atoms with van der Waals surface area (Å²) in [5.41, 5.74) is 1.26. The van der Waals surface area contributed by atoms with Crippen LogP contribution in [-0.4, -0.2) is 18.3 Å². The second kappa shape index (κ2) is 6.42. The van der Waals surface area contributed by atoms with Crippen LogP contribution in [-0.2, 0) is 6.42 Å². The summed E-state index contributed by atoms with van der Waals surface area (Å²) < 4.78 is 37.9. The van der Waals surface area contributed by atoms with Gasteiger partial charge < -0.3 is 5.32 Å². The first-order chi connectivity index (χ1) is 9.05. The highest BCUT2D eigenvalue weighted by Gasteiger charge is 2.41. The fourth-order valence-electron chi connectivity index (χ4n) is 2.70. The van der Waals surface area contributed by atoms with Crippen molar-refractivity contribution in [3.8, 4) is 0 Å². The third-order valence-corrected chi connectivity index (χ3v) is 3.74. The molecule has 0 aliphatic carbocycles. The number of halogens is 3. The SMILES string of the molecule is FC(F)(F)C1CCCC(CCCc2ccccc2)N1. The van der Waals surface area contributed by atoms with Crippen molar-refractivity contribution in [1.29, 1.82) is 0 Å². The molecule has 1 aliphatic heterocycles. The lowest BCUT2D eigenvalue weighted by atomic mass is 9.94. The lowest BCUT2D eigenvalue weighted by Gasteiger charge is -2.32. The fourth-order valence-corrected chi connectivity index (χ4v) is 2.70. The van der Waals surface area contributed by atoms with E-state index in [1.165, 1.54) is 5.56 Å². The fraction of sp³-hybridized carbons (Fsp3) is 0.600. The van der Waals surface area contributed by atoms with Crippen molar-refractivity contribution in [3.05, 3.63) is 35.9 Å². The van der Waals surface area contributed by atoms with Gasteiger partial charge in [-0.25, -0.2) is 0 Å². The number of piperidine rings is 1. The van der Waals surface area contributed by atoms with Crippen LogP contribution in [0, 0.1) is 0 Å². The average molecular weight is 271 g/mol. The Labute approximate surface area is 112 Å². The number of nitrogens with one attached hydrogen (secondary N) is 1. The highest BCUT2D eigenvalue weighted by molar-refractivity contribution is 5.14. The zero-order valence-corrected chi connectivity index (χ0v) is 10.9. The summed E-state index contributed by atoms with van der Waals surface area (Å²) in [6, 6.07) is 8.80. The van der Waals surface area contributed by atoms with Crippen molar-refractivity contribution < 1.29 is 13.2 Å². The van der Waals surface area contributed by atoms with E-state index < -0.39 is 12.2 Å². The summed E-state index contributed by atoms with van der Waals surface area (Å²) in [6.45, 7) is 0. The van der Waals surface area contributed by atoms with Crippen LogP contribution in [0.25, 0.3) is 0 Å². The lowest BCUT2D eigenvalue weighted by molar-refractivity contribution is -0.163. The minimum Gasteiger partial charge on any atom is -0.303 e. The molecule has 2 atom stereocenters. The van der Waals surface area contributed by atoms with E-state index in [9.17, 15) is 13.2 Å². The van der Waals surface area contributed by atoms with Gasteiger partial charge in [0.1, 0.15) is 6.04 Å². The van der Waals surface area contributed by atoms with Crippen molar-refractivity contribution >= 4 is 0 Å². The summed E-state index contributed by atoms with van der Waals surface area (Å²) >= 11 is 0. The topological polar surface area (TPSA) is 12.0 Å². The molecule has 0 amide bonds. The maximum absolute atomic E-state index is 12.6. The molecule has 1 aromatic rings. The first-order valence-corrected chi connectivity index (χ1v) is 6.92. The van der Waals surface area contributed by atoms with E-state index in [-0.39, 0.29) is 12.5 Å². The Bertz CT molecular complexity index is 375. The van der Waals surface area contributed by atoms with E-state index in [0.717, 1.165) is 25.7 Å². The molecule has 0 radical (unpaired) electrons. The Kier molecular flexibility index (Phi) is 4.86. The second-order valence-electron chi connectivity index (χ2n) is 5.27. The van der Waals surface area contributed by atoms with Crippen LogP contribution in [0.2, 0.25) is 0 Å². The molecule has 1 saturated heterocycles. The van der Waals surface area contributed by atoms with Crippen LogP contribution < -0.4 is 5.32 Å². The average Bonchev–Trinajstić information content (AvgIpc) is 2.39. The van der Waals surface area contributed by atoms with E-state index in [2.05, 4.69) is 17.4 Å². The Morgan fingerprint density at radius 2 is 1.84 bits per heavy atom. The molecule has 2 rings (SSSR count). The molecule has 19 heavy (non-hydrogen) atoms. The van der Waals surface area contributed by atoms with Gasteiger partial charge in [-0.05, 0) is 37.7 Å². The lowest BCUT2D eigenvalue weighted by Crippen LogP contribution is -2.50. The van der Waals surface area contributed by atoms with Gasteiger partial charge in [0.25, 0.3) is 0 Å². The molecule has 1 aliphatic rings. The number of alkyl halides is 3. The first kappa shape index (κ1) is 14.4. The number of aryl methyl sites for hydroxylation is 1. The molecular formula is C15H20F3N. The molecule has 0 spiro atoms. The highest BCUT2D eigenvalue weighted by Crippen LogP contribution is 2.28. The van der Waals surface area contributed by atoms with Crippen molar-refractivity contribution in [2.24, 2.45) is 0 Å². The quantitative estimate of drug-likeness (QED) is 0.870. The molecule has 0 saturated carbocycles. The standard InChI is InChI=1S/C15H20F3N/c16-15(17,18)14-11-5-10-13(19-14)9-4-8-12-6-2-1-3-7-12/h1-3,6-7,13-14,19H,4-5,8-11H2. The van der Waals surface area contributed by atoms with Crippen molar-refractivity contribution in [3.63, 3.8) is 0 Å². The van der Waals surface area contributed by atoms with Crippen LogP contribution in [0.4, 0.5) is 13.2 Å². The summed E-state index contributed by atoms with van der Waals surface area (Å²) in [5.74, 6) is 0. The third-order valence-electron chi connectivity index (χ3n) is 3.74. The van der Waals surface area contributed by atoms with Gasteiger partial charge in [0, 0.05) is 6.04 Å². The Hall–Kier alpha value is -1.03. The number of hydrogen-bond donors (Lipinski definition) is 1. The van der Waals surface area contributed by atoms with E-state index in [1.54, 1.807) is 0 Å². The number of rotatable bonds is 4. The predicted octanol–water partition coefficient (Wildman–Crippen LogP) is 4.08. The maximum atomic E-state index is 12.6. The van der Waals surface area contributed by atoms with Gasteiger partial charge in [-0.3, -0.25) is 0 Å². The molecule has 0 aromatic heterocycles. The zero-order chi connectivity index (χ0) is 13.7. The predicted molar refractivity (Wildman–Crippen MR) is 70.0 cm³/mol. The van der Waals surface area contributed by atoms with Crippen LogP contribution in [0.15, 0.2) is 30.3 Å². The third kappa shape index (κ3) is 4.53. The Morgan fingerprint density at radius 3 is 2.53 bits per heavy atom. The summed E-state index contributed by atoms with van der Waals surface area (Å²) in [7, 11) is 0. The minimum absolute atomic E-state index is 0.0177. The number of hydrogen-bond acceptors (Lipinski definition) is 1. The van der Waals surface area contributed by atoms with E-state index in [4.69, 9.17) is 0 Å². The van der Waals surface area contributed by atoms with Gasteiger partial charge in [0.05, 0.1) is 0 Å². The second-order valence-corrected chi connectivity index (χ2v) is 5.27. The largest absolute Gasteiger partial charge is 0.403 e. The molecule has 2 unspecified atom stereocenters. The van der Waals surface area contributed by atoms with E-state index in [1.807, 2.05) is 18.2 Å². The highest BCUT2D eigenvalue weighted by atomic mass is 19.4. The van der Waals surface area contributed by atoms with Crippen LogP contribution >= 0.6 is 0 Å². The Balaban J connectivity index is 1.74. The first-order valence-electron chi connectivity index (χ1n) is 6.92. The summed E-state index contributed by atoms with van der Waals surface area (Å²) in [5, 5.41) is 2.75. The van der Waals surface area contributed by atoms with Gasteiger partial charge >= 0.3 is 6.18 Å². The maximum Gasteiger partial charge on any atom is 0.403 e.